The molecule has 5 aromatic rings. The van der Waals surface area contributed by atoms with Gasteiger partial charge in [-0.15, -0.1) is 5.10 Å². The van der Waals surface area contributed by atoms with Crippen molar-refractivity contribution < 1.29 is 19.4 Å². The molecule has 6 nitrogen and oxygen atoms in total. The summed E-state index contributed by atoms with van der Waals surface area (Å²) in [6.07, 6.45) is 0.331. The molecule has 37 heavy (non-hydrogen) atoms. The van der Waals surface area contributed by atoms with Gasteiger partial charge in [-0.3, -0.25) is 0 Å². The van der Waals surface area contributed by atoms with Crippen LogP contribution < -0.4 is 4.74 Å². The maximum Gasteiger partial charge on any atom is 0.342 e. The van der Waals surface area contributed by atoms with Crippen molar-refractivity contribution in [3.63, 3.8) is 0 Å². The summed E-state index contributed by atoms with van der Waals surface area (Å²) in [5, 5.41) is 16.0. The summed E-state index contributed by atoms with van der Waals surface area (Å²) < 4.78 is 16.5. The fourth-order valence-corrected chi connectivity index (χ4v) is 5.07. The minimum atomic E-state index is -1.92. The number of carbonyl (C=O) groups is 1. The van der Waals surface area contributed by atoms with Crippen LogP contribution in [0.15, 0.2) is 109 Å². The van der Waals surface area contributed by atoms with E-state index >= 15 is 0 Å². The zero-order valence-electron chi connectivity index (χ0n) is 19.7. The highest BCUT2D eigenvalue weighted by Gasteiger charge is 2.48. The number of carbonyl (C=O) groups excluding carboxylic acids is 1. The van der Waals surface area contributed by atoms with Gasteiger partial charge < -0.3 is 14.6 Å². The van der Waals surface area contributed by atoms with Gasteiger partial charge in [0.15, 0.2) is 0 Å². The highest BCUT2D eigenvalue weighted by atomic mass is 32.1. The molecule has 0 saturated heterocycles. The number of fused-ring (bicyclic) bond motifs is 1. The van der Waals surface area contributed by atoms with E-state index in [-0.39, 0.29) is 0 Å². The molecule has 4 aromatic carbocycles. The first kappa shape index (κ1) is 23.1. The number of ether oxygens (including phenoxy) is 2. The summed E-state index contributed by atoms with van der Waals surface area (Å²) in [5.41, 5.74) is 4.60. The van der Waals surface area contributed by atoms with Crippen LogP contribution in [0.4, 0.5) is 0 Å². The van der Waals surface area contributed by atoms with Gasteiger partial charge in [0.2, 0.25) is 0 Å². The topological polar surface area (TPSA) is 81.5 Å². The van der Waals surface area contributed by atoms with Crippen LogP contribution in [0.1, 0.15) is 22.3 Å². The fraction of sp³-hybridized carbons (Fsp3) is 0.100. The van der Waals surface area contributed by atoms with Crippen LogP contribution in [0.5, 0.6) is 5.75 Å². The summed E-state index contributed by atoms with van der Waals surface area (Å²) in [6.45, 7) is 0.427. The molecule has 7 heteroatoms. The Morgan fingerprint density at radius 2 is 1.57 bits per heavy atom. The third kappa shape index (κ3) is 4.50. The second kappa shape index (κ2) is 9.61. The molecule has 2 heterocycles. The average molecular weight is 507 g/mol. The van der Waals surface area contributed by atoms with Gasteiger partial charge in [0, 0.05) is 17.6 Å². The van der Waals surface area contributed by atoms with Crippen LogP contribution in [0.3, 0.4) is 0 Å². The summed E-state index contributed by atoms with van der Waals surface area (Å²) in [4.78, 5) is 13.3. The molecule has 182 valence electrons. The summed E-state index contributed by atoms with van der Waals surface area (Å²) in [5.74, 6) is -1.86. The van der Waals surface area contributed by atoms with Gasteiger partial charge in [0.1, 0.15) is 17.9 Å². The molecule has 1 aliphatic rings. The summed E-state index contributed by atoms with van der Waals surface area (Å²) in [7, 11) is 0. The number of nitrogens with zero attached hydrogens (tertiary/aromatic N) is 2. The van der Waals surface area contributed by atoms with E-state index in [1.807, 2.05) is 78.9 Å². The number of hydrogen-bond donors (Lipinski definition) is 1. The van der Waals surface area contributed by atoms with Crippen LogP contribution >= 0.6 is 11.5 Å². The van der Waals surface area contributed by atoms with Crippen LogP contribution in [0.25, 0.3) is 15.8 Å². The molecule has 0 amide bonds. The fourth-order valence-electron chi connectivity index (χ4n) is 4.53. The number of hydrogen-bond acceptors (Lipinski definition) is 7. The van der Waals surface area contributed by atoms with Gasteiger partial charge in [-0.25, -0.2) is 4.79 Å². The summed E-state index contributed by atoms with van der Waals surface area (Å²) >= 11 is 1.29. The van der Waals surface area contributed by atoms with Gasteiger partial charge >= 0.3 is 5.97 Å². The summed E-state index contributed by atoms with van der Waals surface area (Å²) in [6, 6.07) is 32.1. The van der Waals surface area contributed by atoms with Gasteiger partial charge in [-0.05, 0) is 64.6 Å². The second-order valence-corrected chi connectivity index (χ2v) is 9.59. The van der Waals surface area contributed by atoms with E-state index in [1.165, 1.54) is 11.5 Å². The van der Waals surface area contributed by atoms with E-state index in [2.05, 4.69) is 9.59 Å². The molecule has 0 spiro atoms. The van der Waals surface area contributed by atoms with E-state index in [4.69, 9.17) is 9.47 Å². The van der Waals surface area contributed by atoms with Crippen molar-refractivity contribution in [3.05, 3.63) is 131 Å². The van der Waals surface area contributed by atoms with E-state index in [1.54, 1.807) is 24.3 Å². The van der Waals surface area contributed by atoms with Gasteiger partial charge in [0.25, 0.3) is 5.79 Å². The van der Waals surface area contributed by atoms with Crippen molar-refractivity contribution >= 4 is 33.3 Å². The number of aromatic nitrogens is 2. The average Bonchev–Trinajstić information content (AvgIpc) is 3.50. The lowest BCUT2D eigenvalue weighted by atomic mass is 9.88. The Bertz CT molecular complexity index is 1600. The quantitative estimate of drug-likeness (QED) is 0.287. The zero-order chi connectivity index (χ0) is 25.2. The molecule has 0 saturated carbocycles. The molecule has 1 aromatic heterocycles. The van der Waals surface area contributed by atoms with E-state index in [9.17, 15) is 9.90 Å². The first-order valence-corrected chi connectivity index (χ1v) is 12.6. The lowest BCUT2D eigenvalue weighted by molar-refractivity contribution is -0.185. The Labute approximate surface area is 217 Å². The smallest absolute Gasteiger partial charge is 0.342 e. The third-order valence-corrected chi connectivity index (χ3v) is 7.11. The normalized spacial score (nSPS) is 17.3. The Morgan fingerprint density at radius 3 is 2.30 bits per heavy atom. The Kier molecular flexibility index (Phi) is 6.00. The lowest BCUT2D eigenvalue weighted by Crippen LogP contribution is -2.29. The van der Waals surface area contributed by atoms with Crippen molar-refractivity contribution in [3.8, 4) is 5.75 Å². The highest BCUT2D eigenvalue weighted by Crippen LogP contribution is 2.45. The first-order chi connectivity index (χ1) is 18.1. The Morgan fingerprint density at radius 1 is 0.865 bits per heavy atom. The number of aliphatic hydroxyl groups is 1. The van der Waals surface area contributed by atoms with Crippen molar-refractivity contribution in [2.24, 2.45) is 0 Å². The molecule has 0 aliphatic carbocycles. The van der Waals surface area contributed by atoms with E-state index in [0.717, 1.165) is 15.8 Å². The predicted octanol–water partition coefficient (Wildman–Crippen LogP) is 5.67. The molecule has 1 unspecified atom stereocenters. The predicted molar refractivity (Wildman–Crippen MR) is 142 cm³/mol. The maximum atomic E-state index is 13.3. The standard InChI is InChI=1S/C30H22N2O4S/c33-29-28(22-11-16-27-26(18-22)31-32-37-27)25(17-20-7-3-1-4-8-20)30(34,36-29)23-12-14-24(15-13-23)35-19-21-9-5-2-6-10-21/h1-16,18,34H,17,19H2. The van der Waals surface area contributed by atoms with Gasteiger partial charge in [-0.2, -0.15) is 0 Å². The molecule has 1 aliphatic heterocycles. The van der Waals surface area contributed by atoms with Crippen molar-refractivity contribution in [1.29, 1.82) is 0 Å². The van der Waals surface area contributed by atoms with Crippen LogP contribution in [0.2, 0.25) is 0 Å². The Balaban J connectivity index is 1.38. The maximum absolute atomic E-state index is 13.3. The minimum absolute atomic E-state index is 0.331. The van der Waals surface area contributed by atoms with Crippen molar-refractivity contribution in [1.82, 2.24) is 9.59 Å². The molecule has 6 rings (SSSR count). The zero-order valence-corrected chi connectivity index (χ0v) is 20.5. The molecule has 0 fully saturated rings. The van der Waals surface area contributed by atoms with Crippen LogP contribution in [-0.2, 0) is 28.3 Å². The highest BCUT2D eigenvalue weighted by molar-refractivity contribution is 7.12. The number of benzene rings is 4. The van der Waals surface area contributed by atoms with Crippen molar-refractivity contribution in [2.45, 2.75) is 18.8 Å². The lowest BCUT2D eigenvalue weighted by Gasteiger charge is -2.26. The van der Waals surface area contributed by atoms with Crippen LogP contribution in [0, 0.1) is 0 Å². The monoisotopic (exact) mass is 506 g/mol. The van der Waals surface area contributed by atoms with Crippen LogP contribution in [-0.4, -0.2) is 20.7 Å². The van der Waals surface area contributed by atoms with E-state index < -0.39 is 11.8 Å². The number of cyclic esters (lactones) is 1. The first-order valence-electron chi connectivity index (χ1n) is 11.8. The minimum Gasteiger partial charge on any atom is -0.489 e. The molecule has 1 N–H and O–H groups in total. The third-order valence-electron chi connectivity index (χ3n) is 6.41. The molecular weight excluding hydrogens is 484 g/mol. The molecule has 1 atom stereocenters. The Hall–Kier alpha value is -4.33. The van der Waals surface area contributed by atoms with Gasteiger partial charge in [0.05, 0.1) is 10.3 Å². The SMILES string of the molecule is O=C1OC(O)(c2ccc(OCc3ccccc3)cc2)C(Cc2ccccc2)=C1c1ccc2snnc2c1. The van der Waals surface area contributed by atoms with Gasteiger partial charge in [-0.1, -0.05) is 71.2 Å². The molecule has 0 bridgehead atoms. The largest absolute Gasteiger partial charge is 0.489 e. The molecular formula is C30H22N2O4S. The molecule has 0 radical (unpaired) electrons. The van der Waals surface area contributed by atoms with Crippen molar-refractivity contribution in [2.75, 3.05) is 0 Å². The number of rotatable bonds is 7. The second-order valence-electron chi connectivity index (χ2n) is 8.80. The number of esters is 1. The van der Waals surface area contributed by atoms with E-state index in [0.29, 0.717) is 46.6 Å².